The summed E-state index contributed by atoms with van der Waals surface area (Å²) in [5.41, 5.74) is 2.76. The number of rotatable bonds is 2. The summed E-state index contributed by atoms with van der Waals surface area (Å²) < 4.78 is 1.60. The van der Waals surface area contributed by atoms with Crippen molar-refractivity contribution in [3.8, 4) is 0 Å². The first-order valence-corrected chi connectivity index (χ1v) is 6.35. The summed E-state index contributed by atoms with van der Waals surface area (Å²) in [4.78, 5) is 23.7. The second-order valence-electron chi connectivity index (χ2n) is 4.52. The molecule has 21 heavy (non-hydrogen) atoms. The predicted octanol–water partition coefficient (Wildman–Crippen LogP) is 1.86. The Balaban J connectivity index is 1.69. The number of benzene rings is 1. The van der Waals surface area contributed by atoms with E-state index in [2.05, 4.69) is 25.4 Å². The minimum absolute atomic E-state index is 0.281. The number of nitrogens with zero attached hydrogens (tertiary/aromatic N) is 4. The highest BCUT2D eigenvalue weighted by molar-refractivity contribution is 6.08. The fourth-order valence-corrected chi connectivity index (χ4v) is 2.20. The van der Waals surface area contributed by atoms with Gasteiger partial charge in [0.25, 0.3) is 5.91 Å². The van der Waals surface area contributed by atoms with E-state index in [0.29, 0.717) is 17.0 Å². The molecule has 102 valence electrons. The molecular weight excluding hydrogens is 268 g/mol. The summed E-state index contributed by atoms with van der Waals surface area (Å²) in [7, 11) is 0. The molecule has 1 aromatic carbocycles. The van der Waals surface area contributed by atoms with Gasteiger partial charge < -0.3 is 4.98 Å². The lowest BCUT2D eigenvalue weighted by Gasteiger charge is -1.99. The molecule has 7 heteroatoms. The molecule has 3 aromatic heterocycles. The van der Waals surface area contributed by atoms with Crippen LogP contribution in [0, 0.1) is 0 Å². The van der Waals surface area contributed by atoms with Crippen molar-refractivity contribution in [2.45, 2.75) is 0 Å². The minimum atomic E-state index is -0.281. The van der Waals surface area contributed by atoms with Crippen molar-refractivity contribution in [2.75, 3.05) is 5.32 Å². The van der Waals surface area contributed by atoms with Crippen molar-refractivity contribution in [2.24, 2.45) is 0 Å². The Bertz CT molecular complexity index is 921. The van der Waals surface area contributed by atoms with E-state index in [-0.39, 0.29) is 5.91 Å². The first-order valence-electron chi connectivity index (χ1n) is 6.35. The number of nitrogens with one attached hydrogen (secondary N) is 2. The first kappa shape index (κ1) is 11.6. The van der Waals surface area contributed by atoms with E-state index < -0.39 is 0 Å². The number of carbonyl (C=O) groups is 1. The van der Waals surface area contributed by atoms with Crippen LogP contribution in [0.3, 0.4) is 0 Å². The van der Waals surface area contributed by atoms with E-state index in [1.54, 1.807) is 23.1 Å². The van der Waals surface area contributed by atoms with Gasteiger partial charge in [0, 0.05) is 12.4 Å². The Morgan fingerprint density at radius 3 is 3.05 bits per heavy atom. The molecule has 0 aliphatic carbocycles. The highest BCUT2D eigenvalue weighted by Gasteiger charge is 2.14. The number of fused-ring (bicyclic) bond motifs is 2. The van der Waals surface area contributed by atoms with Gasteiger partial charge in [0.2, 0.25) is 5.95 Å². The van der Waals surface area contributed by atoms with Crippen molar-refractivity contribution in [3.05, 3.63) is 54.6 Å². The molecule has 0 aliphatic heterocycles. The van der Waals surface area contributed by atoms with Crippen molar-refractivity contribution < 1.29 is 4.79 Å². The van der Waals surface area contributed by atoms with Gasteiger partial charge in [-0.3, -0.25) is 15.1 Å². The minimum Gasteiger partial charge on any atom is -0.324 e. The maximum atomic E-state index is 12.3. The van der Waals surface area contributed by atoms with Gasteiger partial charge in [0.15, 0.2) is 0 Å². The molecule has 1 amide bonds. The van der Waals surface area contributed by atoms with Gasteiger partial charge in [-0.2, -0.15) is 5.10 Å². The van der Waals surface area contributed by atoms with Crippen LogP contribution < -0.4 is 5.32 Å². The van der Waals surface area contributed by atoms with E-state index >= 15 is 0 Å². The number of hydrogen-bond donors (Lipinski definition) is 2. The summed E-state index contributed by atoms with van der Waals surface area (Å²) in [5, 5.41) is 6.85. The average Bonchev–Trinajstić information content (AvgIpc) is 3.10. The van der Waals surface area contributed by atoms with E-state index in [4.69, 9.17) is 0 Å². The fraction of sp³-hybridized carbons (Fsp3) is 0. The number of imidazole rings is 1. The molecule has 0 fully saturated rings. The Morgan fingerprint density at radius 1 is 1.24 bits per heavy atom. The van der Waals surface area contributed by atoms with Crippen LogP contribution in [-0.4, -0.2) is 30.5 Å². The SMILES string of the molecule is O=C(Nc1nc2ccccc2[nH]1)c1cnn2ccncc12. The number of carbonyl (C=O) groups excluding carboxylic acids is 1. The van der Waals surface area contributed by atoms with E-state index in [0.717, 1.165) is 11.0 Å². The van der Waals surface area contributed by atoms with Gasteiger partial charge >= 0.3 is 0 Å². The maximum Gasteiger partial charge on any atom is 0.261 e. The van der Waals surface area contributed by atoms with E-state index in [1.807, 2.05) is 24.3 Å². The third kappa shape index (κ3) is 1.91. The number of aromatic nitrogens is 5. The van der Waals surface area contributed by atoms with Crippen LogP contribution in [0.2, 0.25) is 0 Å². The van der Waals surface area contributed by atoms with E-state index in [9.17, 15) is 4.79 Å². The summed E-state index contributed by atoms with van der Waals surface area (Å²) in [5.74, 6) is 0.126. The Kier molecular flexibility index (Phi) is 2.43. The summed E-state index contributed by atoms with van der Waals surface area (Å²) in [6, 6.07) is 7.58. The molecule has 0 spiro atoms. The highest BCUT2D eigenvalue weighted by atomic mass is 16.1. The zero-order valence-electron chi connectivity index (χ0n) is 10.8. The molecule has 0 bridgehead atoms. The van der Waals surface area contributed by atoms with Crippen molar-refractivity contribution in [1.29, 1.82) is 0 Å². The zero-order valence-corrected chi connectivity index (χ0v) is 10.8. The Morgan fingerprint density at radius 2 is 2.14 bits per heavy atom. The molecule has 4 aromatic rings. The lowest BCUT2D eigenvalue weighted by molar-refractivity contribution is 0.102. The molecular formula is C14H10N6O. The number of hydrogen-bond acceptors (Lipinski definition) is 4. The van der Waals surface area contributed by atoms with Crippen molar-refractivity contribution >= 4 is 28.4 Å². The number of H-pyrrole nitrogens is 1. The third-order valence-electron chi connectivity index (χ3n) is 3.19. The van der Waals surface area contributed by atoms with Gasteiger partial charge in [0.1, 0.15) is 0 Å². The van der Waals surface area contributed by atoms with Gasteiger partial charge in [-0.05, 0) is 12.1 Å². The quantitative estimate of drug-likeness (QED) is 0.585. The van der Waals surface area contributed by atoms with Crippen LogP contribution in [0.1, 0.15) is 10.4 Å². The normalized spacial score (nSPS) is 11.0. The van der Waals surface area contributed by atoms with Crippen LogP contribution in [0.25, 0.3) is 16.6 Å². The topological polar surface area (TPSA) is 88.0 Å². The monoisotopic (exact) mass is 278 g/mol. The molecule has 0 unspecified atom stereocenters. The van der Waals surface area contributed by atoms with Gasteiger partial charge in [-0.25, -0.2) is 9.50 Å². The standard InChI is InChI=1S/C14H10N6O/c21-13(9-7-16-20-6-5-15-8-12(9)20)19-14-17-10-3-1-2-4-11(10)18-14/h1-8H,(H2,17,18,19,21). The summed E-state index contributed by atoms with van der Waals surface area (Å²) in [6.45, 7) is 0. The largest absolute Gasteiger partial charge is 0.324 e. The number of amides is 1. The molecule has 0 aliphatic rings. The molecule has 7 nitrogen and oxygen atoms in total. The van der Waals surface area contributed by atoms with Crippen LogP contribution >= 0.6 is 0 Å². The molecule has 0 atom stereocenters. The number of aromatic amines is 1. The predicted molar refractivity (Wildman–Crippen MR) is 77.0 cm³/mol. The van der Waals surface area contributed by atoms with Crippen LogP contribution in [0.5, 0.6) is 0 Å². The lowest BCUT2D eigenvalue weighted by Crippen LogP contribution is -2.12. The second-order valence-corrected chi connectivity index (χ2v) is 4.52. The number of para-hydroxylation sites is 2. The third-order valence-corrected chi connectivity index (χ3v) is 3.19. The van der Waals surface area contributed by atoms with Gasteiger partial charge in [-0.15, -0.1) is 0 Å². The Labute approximate surface area is 118 Å². The van der Waals surface area contributed by atoms with Crippen LogP contribution in [0.4, 0.5) is 5.95 Å². The molecule has 0 radical (unpaired) electrons. The van der Waals surface area contributed by atoms with Crippen LogP contribution in [-0.2, 0) is 0 Å². The Hall–Kier alpha value is -3.22. The lowest BCUT2D eigenvalue weighted by atomic mass is 10.3. The zero-order chi connectivity index (χ0) is 14.2. The average molecular weight is 278 g/mol. The first-order chi connectivity index (χ1) is 10.3. The second kappa shape index (κ2) is 4.41. The smallest absolute Gasteiger partial charge is 0.261 e. The van der Waals surface area contributed by atoms with Crippen LogP contribution in [0.15, 0.2) is 49.1 Å². The van der Waals surface area contributed by atoms with Gasteiger partial charge in [-0.1, -0.05) is 12.1 Å². The maximum absolute atomic E-state index is 12.3. The summed E-state index contributed by atoms with van der Waals surface area (Å²) >= 11 is 0. The van der Waals surface area contributed by atoms with E-state index in [1.165, 1.54) is 6.20 Å². The molecule has 4 rings (SSSR count). The molecule has 3 heterocycles. The highest BCUT2D eigenvalue weighted by Crippen LogP contribution is 2.15. The fourth-order valence-electron chi connectivity index (χ4n) is 2.20. The molecule has 0 saturated heterocycles. The van der Waals surface area contributed by atoms with Crippen molar-refractivity contribution in [1.82, 2.24) is 24.6 Å². The van der Waals surface area contributed by atoms with Gasteiger partial charge in [0.05, 0.1) is 34.5 Å². The molecule has 2 N–H and O–H groups in total. The number of anilines is 1. The molecule has 0 saturated carbocycles. The summed E-state index contributed by atoms with van der Waals surface area (Å²) in [6.07, 6.45) is 6.41. The van der Waals surface area contributed by atoms with Crippen molar-refractivity contribution in [3.63, 3.8) is 0 Å².